The number of benzene rings is 1. The molecule has 1 aliphatic heterocycles. The van der Waals surface area contributed by atoms with E-state index in [0.717, 1.165) is 22.3 Å². The third kappa shape index (κ3) is 4.82. The van der Waals surface area contributed by atoms with E-state index in [1.54, 1.807) is 11.9 Å². The monoisotopic (exact) mass is 420 g/mol. The zero-order chi connectivity index (χ0) is 20.3. The second kappa shape index (κ2) is 8.48. The van der Waals surface area contributed by atoms with Gasteiger partial charge >= 0.3 is 11.3 Å². The van der Waals surface area contributed by atoms with Gasteiger partial charge in [0.05, 0.1) is 0 Å². The molecule has 2 amide bonds. The molecule has 28 heavy (non-hydrogen) atoms. The van der Waals surface area contributed by atoms with E-state index in [1.807, 2.05) is 51.1 Å². The summed E-state index contributed by atoms with van der Waals surface area (Å²) in [5.74, 6) is 0.521. The molecule has 0 aliphatic carbocycles. The summed E-state index contributed by atoms with van der Waals surface area (Å²) >= 11 is 2.44. The molecule has 9 heteroatoms. The van der Waals surface area contributed by atoms with E-state index < -0.39 is 11.5 Å². The summed E-state index contributed by atoms with van der Waals surface area (Å²) in [4.78, 5) is 28.2. The van der Waals surface area contributed by atoms with Gasteiger partial charge in [0, 0.05) is 31.2 Å². The standard InChI is InChI=1S/C19H24N4O3S2/c1-19(2,3)15-20-21-16(28-15)23-14(10-11-22(4)17(23)24)26-18(25)27-12-13-8-6-5-7-9-13/h5-9,14H,10-12H2,1-4H3. The van der Waals surface area contributed by atoms with E-state index in [9.17, 15) is 9.59 Å². The largest absolute Gasteiger partial charge is 0.433 e. The summed E-state index contributed by atoms with van der Waals surface area (Å²) in [6, 6.07) is 9.47. The summed E-state index contributed by atoms with van der Waals surface area (Å²) < 4.78 is 5.64. The number of rotatable bonds is 4. The van der Waals surface area contributed by atoms with E-state index in [0.29, 0.717) is 23.8 Å². The van der Waals surface area contributed by atoms with Gasteiger partial charge in [-0.15, -0.1) is 10.2 Å². The molecule has 150 valence electrons. The number of anilines is 1. The van der Waals surface area contributed by atoms with Crippen LogP contribution >= 0.6 is 23.1 Å². The Bertz CT molecular complexity index is 835. The predicted octanol–water partition coefficient (Wildman–Crippen LogP) is 4.49. The minimum absolute atomic E-state index is 0.168. The van der Waals surface area contributed by atoms with Crippen molar-refractivity contribution in [1.29, 1.82) is 0 Å². The summed E-state index contributed by atoms with van der Waals surface area (Å²) in [6.45, 7) is 6.64. The zero-order valence-electron chi connectivity index (χ0n) is 16.4. The minimum atomic E-state index is -0.680. The molecule has 1 fully saturated rings. The molecule has 3 rings (SSSR count). The van der Waals surface area contributed by atoms with Gasteiger partial charge in [0.2, 0.25) is 5.13 Å². The quantitative estimate of drug-likeness (QED) is 0.678. The zero-order valence-corrected chi connectivity index (χ0v) is 18.0. The van der Waals surface area contributed by atoms with Crippen LogP contribution in [0.3, 0.4) is 0 Å². The molecule has 0 spiro atoms. The number of aromatic nitrogens is 2. The van der Waals surface area contributed by atoms with Gasteiger partial charge in [-0.05, 0) is 17.3 Å². The molecule has 0 bridgehead atoms. The van der Waals surface area contributed by atoms with Crippen molar-refractivity contribution in [3.8, 4) is 0 Å². The van der Waals surface area contributed by atoms with Crippen LogP contribution in [0.15, 0.2) is 30.3 Å². The molecular weight excluding hydrogens is 396 g/mol. The van der Waals surface area contributed by atoms with Gasteiger partial charge in [0.15, 0.2) is 6.23 Å². The normalized spacial score (nSPS) is 17.7. The van der Waals surface area contributed by atoms with Crippen molar-refractivity contribution < 1.29 is 14.3 Å². The fraction of sp³-hybridized carbons (Fsp3) is 0.474. The van der Waals surface area contributed by atoms with Gasteiger partial charge in [0.25, 0.3) is 0 Å². The van der Waals surface area contributed by atoms with Gasteiger partial charge in [-0.1, -0.05) is 62.4 Å². The number of nitrogens with zero attached hydrogens (tertiary/aromatic N) is 4. The summed E-state index contributed by atoms with van der Waals surface area (Å²) in [5.41, 5.74) is 0.873. The number of carbonyl (C=O) groups excluding carboxylic acids is 2. The molecule has 1 aromatic carbocycles. The van der Waals surface area contributed by atoms with Gasteiger partial charge in [-0.25, -0.2) is 14.5 Å². The molecule has 1 saturated heterocycles. The Labute approximate surface area is 173 Å². The number of urea groups is 1. The highest BCUT2D eigenvalue weighted by molar-refractivity contribution is 8.12. The molecule has 1 aliphatic rings. The van der Waals surface area contributed by atoms with Crippen LogP contribution in [0.25, 0.3) is 0 Å². The second-order valence-corrected chi connectivity index (χ2v) is 9.47. The van der Waals surface area contributed by atoms with Crippen molar-refractivity contribution in [3.05, 3.63) is 40.9 Å². The Morgan fingerprint density at radius 2 is 2.00 bits per heavy atom. The molecule has 1 unspecified atom stereocenters. The lowest BCUT2D eigenvalue weighted by Crippen LogP contribution is -2.54. The number of thioether (sulfide) groups is 1. The van der Waals surface area contributed by atoms with Gasteiger partial charge in [-0.3, -0.25) is 0 Å². The highest BCUT2D eigenvalue weighted by atomic mass is 32.2. The molecule has 2 heterocycles. The third-order valence-corrected chi connectivity index (χ3v) is 6.38. The van der Waals surface area contributed by atoms with Crippen molar-refractivity contribution in [3.63, 3.8) is 0 Å². The summed E-state index contributed by atoms with van der Waals surface area (Å²) in [6.07, 6.45) is -0.162. The van der Waals surface area contributed by atoms with Crippen LogP contribution in [0.5, 0.6) is 0 Å². The third-order valence-electron chi connectivity index (χ3n) is 4.23. The smallest absolute Gasteiger partial charge is 0.369 e. The van der Waals surface area contributed by atoms with Crippen molar-refractivity contribution in [2.75, 3.05) is 18.5 Å². The molecular formula is C19H24N4O3S2. The van der Waals surface area contributed by atoms with Crippen LogP contribution in [0.1, 0.15) is 37.8 Å². The Kier molecular flexibility index (Phi) is 6.24. The fourth-order valence-electron chi connectivity index (χ4n) is 2.63. The van der Waals surface area contributed by atoms with Crippen molar-refractivity contribution in [2.45, 2.75) is 44.6 Å². The highest BCUT2D eigenvalue weighted by Gasteiger charge is 2.38. The van der Waals surface area contributed by atoms with Crippen LogP contribution in [-0.4, -0.2) is 46.3 Å². The van der Waals surface area contributed by atoms with E-state index in [2.05, 4.69) is 10.2 Å². The number of carbonyl (C=O) groups is 2. The molecule has 0 radical (unpaired) electrons. The Morgan fingerprint density at radius 1 is 1.29 bits per heavy atom. The molecule has 1 atom stereocenters. The van der Waals surface area contributed by atoms with Gasteiger partial charge in [-0.2, -0.15) is 0 Å². The fourth-order valence-corrected chi connectivity index (χ4v) is 4.22. The maximum atomic E-state index is 12.7. The summed E-state index contributed by atoms with van der Waals surface area (Å²) in [7, 11) is 1.73. The average molecular weight is 421 g/mol. The lowest BCUT2D eigenvalue weighted by molar-refractivity contribution is 0.0927. The van der Waals surface area contributed by atoms with Crippen molar-refractivity contribution in [2.24, 2.45) is 0 Å². The summed E-state index contributed by atoms with van der Waals surface area (Å²) in [5, 5.41) is 9.28. The van der Waals surface area contributed by atoms with Crippen LogP contribution in [-0.2, 0) is 15.9 Å². The number of ether oxygens (including phenoxy) is 1. The molecule has 7 nitrogen and oxygen atoms in total. The first kappa shape index (κ1) is 20.6. The Morgan fingerprint density at radius 3 is 2.64 bits per heavy atom. The topological polar surface area (TPSA) is 75.6 Å². The van der Waals surface area contributed by atoms with Gasteiger partial charge in [0.1, 0.15) is 5.01 Å². The van der Waals surface area contributed by atoms with E-state index >= 15 is 0 Å². The molecule has 1 aromatic heterocycles. The number of hydrogen-bond acceptors (Lipinski definition) is 7. The van der Waals surface area contributed by atoms with Crippen molar-refractivity contribution in [1.82, 2.24) is 15.1 Å². The van der Waals surface area contributed by atoms with E-state index in [-0.39, 0.29) is 11.4 Å². The van der Waals surface area contributed by atoms with Crippen molar-refractivity contribution >= 4 is 39.6 Å². The maximum Gasteiger partial charge on any atom is 0.369 e. The first-order chi connectivity index (χ1) is 13.3. The Hall–Kier alpha value is -2.13. The minimum Gasteiger partial charge on any atom is -0.433 e. The van der Waals surface area contributed by atoms with Crippen LogP contribution in [0.2, 0.25) is 0 Å². The maximum absolute atomic E-state index is 12.7. The van der Waals surface area contributed by atoms with Crippen LogP contribution < -0.4 is 4.90 Å². The lowest BCUT2D eigenvalue weighted by Gasteiger charge is -2.37. The number of amides is 2. The van der Waals surface area contributed by atoms with Crippen LogP contribution in [0.4, 0.5) is 14.7 Å². The number of hydrogen-bond donors (Lipinski definition) is 0. The molecule has 0 N–H and O–H groups in total. The first-order valence-corrected chi connectivity index (χ1v) is 10.8. The SMILES string of the molecule is CN1CCC(OC(=O)SCc2ccccc2)N(c2nnc(C(C)(C)C)s2)C1=O. The molecule has 0 saturated carbocycles. The second-order valence-electron chi connectivity index (χ2n) is 7.60. The predicted molar refractivity (Wildman–Crippen MR) is 112 cm³/mol. The lowest BCUT2D eigenvalue weighted by atomic mass is 9.98. The first-order valence-electron chi connectivity index (χ1n) is 9.01. The highest BCUT2D eigenvalue weighted by Crippen LogP contribution is 2.33. The van der Waals surface area contributed by atoms with E-state index in [1.165, 1.54) is 16.2 Å². The van der Waals surface area contributed by atoms with E-state index in [4.69, 9.17) is 4.74 Å². The Balaban J connectivity index is 1.71. The average Bonchev–Trinajstić information content (AvgIpc) is 3.14. The molecule has 2 aromatic rings. The van der Waals surface area contributed by atoms with Crippen LogP contribution in [0, 0.1) is 0 Å². The van der Waals surface area contributed by atoms with Gasteiger partial charge < -0.3 is 9.64 Å².